The number of nitrogens with two attached hydrogens (primary N) is 1. The maximum absolute atomic E-state index is 14.8. The van der Waals surface area contributed by atoms with Crippen molar-refractivity contribution >= 4 is 40.5 Å². The number of fused-ring (bicyclic) bond motifs is 1. The minimum atomic E-state index is -1.38. The van der Waals surface area contributed by atoms with E-state index in [1.165, 1.54) is 0 Å². The zero-order valence-corrected chi connectivity index (χ0v) is 34.4. The first-order valence-corrected chi connectivity index (χ1v) is 20.4. The molecule has 1 aliphatic carbocycles. The Bertz CT molecular complexity index is 1920. The third kappa shape index (κ3) is 11.9. The van der Waals surface area contributed by atoms with Gasteiger partial charge in [0.25, 0.3) is 0 Å². The van der Waals surface area contributed by atoms with Crippen LogP contribution in [0.25, 0.3) is 10.9 Å². The maximum Gasteiger partial charge on any atom is 0.307 e. The molecule has 0 saturated heterocycles. The summed E-state index contributed by atoms with van der Waals surface area (Å²) >= 11 is 0. The lowest BCUT2D eigenvalue weighted by Crippen LogP contribution is -2.64. The van der Waals surface area contributed by atoms with Crippen molar-refractivity contribution in [1.82, 2.24) is 20.5 Å². The lowest BCUT2D eigenvalue weighted by atomic mass is 9.78. The highest BCUT2D eigenvalue weighted by Crippen LogP contribution is 2.35. The summed E-state index contributed by atoms with van der Waals surface area (Å²) in [6.07, 6.45) is 8.68. The van der Waals surface area contributed by atoms with Crippen LogP contribution in [0.2, 0.25) is 0 Å². The molecule has 57 heavy (non-hydrogen) atoms. The topological polar surface area (TPSA) is 171 Å². The number of amides is 4. The second kappa shape index (κ2) is 18.9. The molecule has 0 bridgehead atoms. The molecule has 0 radical (unpaired) electrons. The molecular weight excluding hydrogens is 723 g/mol. The van der Waals surface area contributed by atoms with Crippen molar-refractivity contribution in [2.75, 3.05) is 13.2 Å². The zero-order valence-electron chi connectivity index (χ0n) is 34.4. The first-order valence-electron chi connectivity index (χ1n) is 20.4. The Balaban J connectivity index is 1.60. The fraction of sp³-hybridized carbons (Fsp3) is 0.533. The van der Waals surface area contributed by atoms with Gasteiger partial charge in [-0.1, -0.05) is 69.0 Å². The van der Waals surface area contributed by atoms with E-state index in [9.17, 15) is 24.0 Å². The van der Waals surface area contributed by atoms with Crippen LogP contribution in [0.4, 0.5) is 0 Å². The number of esters is 1. The molecule has 1 fully saturated rings. The van der Waals surface area contributed by atoms with Gasteiger partial charge in [0.1, 0.15) is 22.9 Å². The molecule has 1 spiro atoms. The number of benzene rings is 2. The molecule has 4 amide bonds. The number of aryl methyl sites for hydroxylation is 1. The van der Waals surface area contributed by atoms with Gasteiger partial charge in [0, 0.05) is 30.7 Å². The number of ether oxygens (including phenoxy) is 2. The Hall–Kier alpha value is -5.13. The Kier molecular flexibility index (Phi) is 14.2. The van der Waals surface area contributed by atoms with E-state index in [1.54, 1.807) is 20.8 Å². The molecule has 0 unspecified atom stereocenters. The highest BCUT2D eigenvalue weighted by molar-refractivity contribution is 5.97. The smallest absolute Gasteiger partial charge is 0.307 e. The van der Waals surface area contributed by atoms with Crippen LogP contribution in [-0.4, -0.2) is 64.5 Å². The fourth-order valence-corrected chi connectivity index (χ4v) is 7.84. The number of allylic oxidation sites excluding steroid dienone is 2. The summed E-state index contributed by atoms with van der Waals surface area (Å²) in [5, 5.41) is 10.00. The van der Waals surface area contributed by atoms with E-state index in [1.807, 2.05) is 49.5 Å². The van der Waals surface area contributed by atoms with Crippen LogP contribution in [0.3, 0.4) is 0 Å². The molecule has 3 aromatic rings. The number of carbonyl (C=O) groups is 5. The minimum absolute atomic E-state index is 0.146. The van der Waals surface area contributed by atoms with Gasteiger partial charge in [0.05, 0.1) is 25.4 Å². The van der Waals surface area contributed by atoms with Crippen molar-refractivity contribution in [3.8, 4) is 5.75 Å². The fourth-order valence-electron chi connectivity index (χ4n) is 7.84. The number of hydrogen-bond acceptors (Lipinski definition) is 7. The Morgan fingerprint density at radius 3 is 2.35 bits per heavy atom. The van der Waals surface area contributed by atoms with E-state index in [0.29, 0.717) is 56.9 Å². The molecule has 2 aromatic carbocycles. The molecule has 5 rings (SSSR count). The number of nitrogens with zero attached hydrogens (tertiary/aromatic N) is 1. The average Bonchev–Trinajstić information content (AvgIpc) is 3.53. The van der Waals surface area contributed by atoms with Crippen molar-refractivity contribution < 1.29 is 33.4 Å². The van der Waals surface area contributed by atoms with Gasteiger partial charge in [-0.25, -0.2) is 0 Å². The number of carbonyl (C=O) groups excluding carboxylic acids is 5. The summed E-state index contributed by atoms with van der Waals surface area (Å²) in [5.41, 5.74) is 6.42. The van der Waals surface area contributed by atoms with Crippen molar-refractivity contribution in [2.45, 2.75) is 123 Å². The van der Waals surface area contributed by atoms with Crippen molar-refractivity contribution in [2.24, 2.45) is 23.5 Å². The monoisotopic (exact) mass is 783 g/mol. The van der Waals surface area contributed by atoms with Crippen LogP contribution >= 0.6 is 0 Å². The lowest BCUT2D eigenvalue weighted by molar-refractivity contribution is -0.157. The summed E-state index contributed by atoms with van der Waals surface area (Å²) in [5.74, 6) is -3.55. The van der Waals surface area contributed by atoms with Gasteiger partial charge in [-0.2, -0.15) is 0 Å². The summed E-state index contributed by atoms with van der Waals surface area (Å²) in [6, 6.07) is 14.7. The molecule has 5 N–H and O–H groups in total. The molecule has 2 aliphatic rings. The van der Waals surface area contributed by atoms with Crippen LogP contribution in [-0.2, 0) is 35.3 Å². The van der Waals surface area contributed by atoms with Crippen molar-refractivity contribution in [3.05, 3.63) is 78.0 Å². The molecular formula is C45H61N5O7. The Labute approximate surface area is 336 Å². The van der Waals surface area contributed by atoms with E-state index in [2.05, 4.69) is 58.6 Å². The van der Waals surface area contributed by atoms with E-state index in [4.69, 9.17) is 15.2 Å². The zero-order chi connectivity index (χ0) is 41.3. The van der Waals surface area contributed by atoms with Gasteiger partial charge in [-0.15, -0.1) is 0 Å². The third-order valence-corrected chi connectivity index (χ3v) is 10.7. The molecule has 1 saturated carbocycles. The van der Waals surface area contributed by atoms with Crippen LogP contribution in [0.15, 0.2) is 66.9 Å². The van der Waals surface area contributed by atoms with E-state index in [-0.39, 0.29) is 18.9 Å². The van der Waals surface area contributed by atoms with E-state index in [0.717, 1.165) is 28.5 Å². The van der Waals surface area contributed by atoms with Crippen LogP contribution < -0.4 is 26.4 Å². The minimum Gasteiger partial charge on any atom is -0.493 e. The van der Waals surface area contributed by atoms with Crippen LogP contribution in [0.5, 0.6) is 5.75 Å². The number of aromatic nitrogens is 1. The first-order chi connectivity index (χ1) is 27.0. The van der Waals surface area contributed by atoms with Gasteiger partial charge < -0.3 is 35.7 Å². The summed E-state index contributed by atoms with van der Waals surface area (Å²) in [7, 11) is 0. The van der Waals surface area contributed by atoms with Crippen LogP contribution in [0.1, 0.15) is 103 Å². The molecule has 1 aliphatic heterocycles. The van der Waals surface area contributed by atoms with Crippen molar-refractivity contribution in [1.29, 1.82) is 0 Å². The maximum atomic E-state index is 14.8. The molecule has 308 valence electrons. The van der Waals surface area contributed by atoms with Gasteiger partial charge in [0.15, 0.2) is 0 Å². The molecule has 1 aromatic heterocycles. The number of hydrogen-bond donors (Lipinski definition) is 4. The number of primary amides is 1. The summed E-state index contributed by atoms with van der Waals surface area (Å²) < 4.78 is 13.9. The number of rotatable bonds is 10. The standard InChI is InChI=1S/C45H61N5O7/c1-29(2)28-56-34-16-14-32(15-17-34)35-12-10-11-31(27-50-22-19-33-23-30(3)13-18-38(33)50)26-47-42(54)37(25-39(46)51)48-43(55)45(20-8-7-9-21-45)49-41(53)36(35)24-40(52)57-44(4,5)6/h10,12-19,22-23,29,31,35-37H,7-9,11,20-21,24-28H2,1-6H3,(H2,46,51)(H,47,54)(H,48,55)(H,49,53)/b12-10+/t31-,35-,36+,37+/m1/s1. The third-order valence-electron chi connectivity index (χ3n) is 10.7. The Morgan fingerprint density at radius 1 is 0.965 bits per heavy atom. The molecule has 4 atom stereocenters. The van der Waals surface area contributed by atoms with Crippen LogP contribution in [0, 0.1) is 24.7 Å². The Morgan fingerprint density at radius 2 is 1.68 bits per heavy atom. The summed E-state index contributed by atoms with van der Waals surface area (Å²) in [4.78, 5) is 68.9. The van der Waals surface area contributed by atoms with Gasteiger partial charge >= 0.3 is 5.97 Å². The van der Waals surface area contributed by atoms with Gasteiger partial charge in [0.2, 0.25) is 23.6 Å². The normalized spacial score (nSPS) is 22.8. The summed E-state index contributed by atoms with van der Waals surface area (Å²) in [6.45, 7) is 12.9. The van der Waals surface area contributed by atoms with Crippen molar-refractivity contribution in [3.63, 3.8) is 0 Å². The quantitative estimate of drug-likeness (QED) is 0.145. The lowest BCUT2D eigenvalue weighted by Gasteiger charge is -2.39. The molecule has 2 heterocycles. The van der Waals surface area contributed by atoms with Gasteiger partial charge in [-0.3, -0.25) is 24.0 Å². The average molecular weight is 784 g/mol. The van der Waals surface area contributed by atoms with E-state index >= 15 is 0 Å². The first kappa shape index (κ1) is 43.0. The largest absolute Gasteiger partial charge is 0.493 e. The molecule has 12 heteroatoms. The second-order valence-corrected chi connectivity index (χ2v) is 17.3. The number of nitrogens with one attached hydrogen (secondary N) is 3. The highest BCUT2D eigenvalue weighted by atomic mass is 16.6. The second-order valence-electron chi connectivity index (χ2n) is 17.3. The van der Waals surface area contributed by atoms with Gasteiger partial charge in [-0.05, 0) is 100 Å². The molecule has 12 nitrogen and oxygen atoms in total. The SMILES string of the molecule is Cc1ccc2c(ccn2C[C@@H]2C/C=C/[C@H](c3ccc(OCC(C)C)cc3)[C@H](CC(=O)OC(C)(C)C)C(=O)NC3(CCCCC3)C(=O)N[C@@H](CC(N)=O)C(=O)NC2)c1. The highest BCUT2D eigenvalue weighted by Gasteiger charge is 2.45. The van der Waals surface area contributed by atoms with E-state index < -0.39 is 65.0 Å². The predicted octanol–water partition coefficient (Wildman–Crippen LogP) is 5.99. The predicted molar refractivity (Wildman–Crippen MR) is 220 cm³/mol.